The van der Waals surface area contributed by atoms with Crippen LogP contribution in [0.3, 0.4) is 0 Å². The van der Waals surface area contributed by atoms with Crippen LogP contribution in [0.5, 0.6) is 5.75 Å². The van der Waals surface area contributed by atoms with Gasteiger partial charge in [0.15, 0.2) is 5.15 Å². The van der Waals surface area contributed by atoms with E-state index in [2.05, 4.69) is 10.2 Å². The third-order valence-corrected chi connectivity index (χ3v) is 3.51. The highest BCUT2D eigenvalue weighted by molar-refractivity contribution is 6.30. The van der Waals surface area contributed by atoms with E-state index in [4.69, 9.17) is 21.1 Å². The molecule has 2 rings (SSSR count). The SMILES string of the molecule is COCCOc1ccccc1-c1nnc(Cl)c(C)c1C. The minimum Gasteiger partial charge on any atom is -0.490 e. The van der Waals surface area contributed by atoms with Gasteiger partial charge < -0.3 is 9.47 Å². The van der Waals surface area contributed by atoms with Crippen molar-refractivity contribution in [1.82, 2.24) is 10.2 Å². The quantitative estimate of drug-likeness (QED) is 0.792. The van der Waals surface area contributed by atoms with E-state index in [9.17, 15) is 0 Å². The first-order valence-corrected chi connectivity index (χ1v) is 6.73. The predicted molar refractivity (Wildman–Crippen MR) is 79.3 cm³/mol. The van der Waals surface area contributed by atoms with Crippen molar-refractivity contribution in [3.8, 4) is 17.0 Å². The van der Waals surface area contributed by atoms with Gasteiger partial charge in [-0.25, -0.2) is 0 Å². The van der Waals surface area contributed by atoms with E-state index in [1.165, 1.54) is 0 Å². The van der Waals surface area contributed by atoms with Crippen molar-refractivity contribution in [2.45, 2.75) is 13.8 Å². The second-order valence-corrected chi connectivity index (χ2v) is 4.78. The zero-order chi connectivity index (χ0) is 14.5. The van der Waals surface area contributed by atoms with Crippen molar-refractivity contribution < 1.29 is 9.47 Å². The van der Waals surface area contributed by atoms with Crippen LogP contribution in [0.2, 0.25) is 5.15 Å². The highest BCUT2D eigenvalue weighted by Gasteiger charge is 2.14. The molecule has 0 amide bonds. The molecule has 0 unspecified atom stereocenters. The van der Waals surface area contributed by atoms with E-state index in [1.807, 2.05) is 38.1 Å². The fourth-order valence-electron chi connectivity index (χ4n) is 1.86. The number of hydrogen-bond donors (Lipinski definition) is 0. The third-order valence-electron chi connectivity index (χ3n) is 3.15. The fourth-order valence-corrected chi connectivity index (χ4v) is 2.03. The van der Waals surface area contributed by atoms with Crippen molar-refractivity contribution in [3.63, 3.8) is 0 Å². The molecule has 1 aromatic carbocycles. The first kappa shape index (κ1) is 14.8. The smallest absolute Gasteiger partial charge is 0.154 e. The summed E-state index contributed by atoms with van der Waals surface area (Å²) in [6.07, 6.45) is 0. The Hall–Kier alpha value is -1.65. The highest BCUT2D eigenvalue weighted by atomic mass is 35.5. The molecule has 0 fully saturated rings. The van der Waals surface area contributed by atoms with Crippen LogP contribution in [0.25, 0.3) is 11.3 Å². The standard InChI is InChI=1S/C15H17ClN2O2/c1-10-11(2)15(16)18-17-14(10)12-6-4-5-7-13(12)20-9-8-19-3/h4-7H,8-9H2,1-3H3. The van der Waals surface area contributed by atoms with Gasteiger partial charge in [-0.2, -0.15) is 0 Å². The Morgan fingerprint density at radius 1 is 1.05 bits per heavy atom. The molecular formula is C15H17ClN2O2. The number of rotatable bonds is 5. The number of ether oxygens (including phenoxy) is 2. The molecule has 0 saturated carbocycles. The monoisotopic (exact) mass is 292 g/mol. The average Bonchev–Trinajstić information content (AvgIpc) is 2.46. The Morgan fingerprint density at radius 3 is 2.55 bits per heavy atom. The van der Waals surface area contributed by atoms with Gasteiger partial charge in [-0.3, -0.25) is 0 Å². The molecular weight excluding hydrogens is 276 g/mol. The van der Waals surface area contributed by atoms with Crippen LogP contribution in [0.1, 0.15) is 11.1 Å². The molecule has 0 N–H and O–H groups in total. The molecule has 2 aromatic rings. The average molecular weight is 293 g/mol. The molecule has 0 aliphatic rings. The maximum absolute atomic E-state index is 5.99. The van der Waals surface area contributed by atoms with Gasteiger partial charge in [0.25, 0.3) is 0 Å². The molecule has 5 heteroatoms. The van der Waals surface area contributed by atoms with Gasteiger partial charge in [0.05, 0.1) is 12.3 Å². The van der Waals surface area contributed by atoms with Crippen LogP contribution in [0, 0.1) is 13.8 Å². The third kappa shape index (κ3) is 3.08. The van der Waals surface area contributed by atoms with Gasteiger partial charge in [-0.15, -0.1) is 10.2 Å². The van der Waals surface area contributed by atoms with Crippen LogP contribution >= 0.6 is 11.6 Å². The van der Waals surface area contributed by atoms with Crippen molar-refractivity contribution in [2.75, 3.05) is 20.3 Å². The van der Waals surface area contributed by atoms with Crippen molar-refractivity contribution in [2.24, 2.45) is 0 Å². The molecule has 0 saturated heterocycles. The normalized spacial score (nSPS) is 10.6. The maximum Gasteiger partial charge on any atom is 0.154 e. The van der Waals surface area contributed by atoms with Gasteiger partial charge >= 0.3 is 0 Å². The zero-order valence-electron chi connectivity index (χ0n) is 11.8. The topological polar surface area (TPSA) is 44.2 Å². The Morgan fingerprint density at radius 2 is 1.80 bits per heavy atom. The summed E-state index contributed by atoms with van der Waals surface area (Å²) in [5.41, 5.74) is 3.64. The molecule has 0 atom stereocenters. The predicted octanol–water partition coefficient (Wildman–Crippen LogP) is 3.44. The van der Waals surface area contributed by atoms with E-state index in [0.717, 1.165) is 28.1 Å². The molecule has 1 aromatic heterocycles. The lowest BCUT2D eigenvalue weighted by molar-refractivity contribution is 0.146. The second kappa shape index (κ2) is 6.68. The van der Waals surface area contributed by atoms with Gasteiger partial charge in [-0.05, 0) is 37.1 Å². The lowest BCUT2D eigenvalue weighted by atomic mass is 10.0. The summed E-state index contributed by atoms with van der Waals surface area (Å²) in [4.78, 5) is 0. The highest BCUT2D eigenvalue weighted by Crippen LogP contribution is 2.32. The maximum atomic E-state index is 5.99. The zero-order valence-corrected chi connectivity index (χ0v) is 12.6. The molecule has 0 aliphatic heterocycles. The van der Waals surface area contributed by atoms with Crippen molar-refractivity contribution >= 4 is 11.6 Å². The Kier molecular flexibility index (Phi) is 4.93. The Labute approximate surface area is 123 Å². The number of halogens is 1. The summed E-state index contributed by atoms with van der Waals surface area (Å²) < 4.78 is 10.7. The van der Waals surface area contributed by atoms with E-state index >= 15 is 0 Å². The van der Waals surface area contributed by atoms with E-state index in [1.54, 1.807) is 7.11 Å². The molecule has 0 spiro atoms. The van der Waals surface area contributed by atoms with Crippen LogP contribution in [-0.4, -0.2) is 30.5 Å². The summed E-state index contributed by atoms with van der Waals surface area (Å²) in [5.74, 6) is 0.767. The van der Waals surface area contributed by atoms with Gasteiger partial charge in [0.1, 0.15) is 12.4 Å². The van der Waals surface area contributed by atoms with Crippen molar-refractivity contribution in [3.05, 3.63) is 40.5 Å². The summed E-state index contributed by atoms with van der Waals surface area (Å²) in [7, 11) is 1.65. The minimum atomic E-state index is 0.434. The molecule has 20 heavy (non-hydrogen) atoms. The minimum absolute atomic E-state index is 0.434. The number of methoxy groups -OCH3 is 1. The second-order valence-electron chi connectivity index (χ2n) is 4.43. The molecule has 0 aliphatic carbocycles. The summed E-state index contributed by atoms with van der Waals surface area (Å²) in [5, 5.41) is 8.63. The van der Waals surface area contributed by atoms with Gasteiger partial charge in [-0.1, -0.05) is 23.7 Å². The number of aromatic nitrogens is 2. The number of nitrogens with zero attached hydrogens (tertiary/aromatic N) is 2. The molecule has 0 radical (unpaired) electrons. The molecule has 0 bridgehead atoms. The molecule has 4 nitrogen and oxygen atoms in total. The number of hydrogen-bond acceptors (Lipinski definition) is 4. The summed E-state index contributed by atoms with van der Waals surface area (Å²) >= 11 is 5.99. The number of para-hydroxylation sites is 1. The van der Waals surface area contributed by atoms with E-state index in [0.29, 0.717) is 18.4 Å². The largest absolute Gasteiger partial charge is 0.490 e. The van der Waals surface area contributed by atoms with E-state index < -0.39 is 0 Å². The lowest BCUT2D eigenvalue weighted by Gasteiger charge is -2.13. The lowest BCUT2D eigenvalue weighted by Crippen LogP contribution is -2.06. The first-order chi connectivity index (χ1) is 9.65. The Bertz CT molecular complexity index is 602. The molecule has 106 valence electrons. The van der Waals surface area contributed by atoms with Crippen LogP contribution < -0.4 is 4.74 Å². The first-order valence-electron chi connectivity index (χ1n) is 6.35. The van der Waals surface area contributed by atoms with Crippen LogP contribution in [0.15, 0.2) is 24.3 Å². The summed E-state index contributed by atoms with van der Waals surface area (Å²) in [6.45, 7) is 4.95. The van der Waals surface area contributed by atoms with Crippen LogP contribution in [0.4, 0.5) is 0 Å². The fraction of sp³-hybridized carbons (Fsp3) is 0.333. The van der Waals surface area contributed by atoms with Crippen LogP contribution in [-0.2, 0) is 4.74 Å². The van der Waals surface area contributed by atoms with Gasteiger partial charge in [0, 0.05) is 12.7 Å². The van der Waals surface area contributed by atoms with Gasteiger partial charge in [0.2, 0.25) is 0 Å². The van der Waals surface area contributed by atoms with Crippen molar-refractivity contribution in [1.29, 1.82) is 0 Å². The molecule has 1 heterocycles. The number of benzene rings is 1. The summed E-state index contributed by atoms with van der Waals surface area (Å²) in [6, 6.07) is 7.75. The Balaban J connectivity index is 2.40. The van der Waals surface area contributed by atoms with E-state index in [-0.39, 0.29) is 0 Å².